The largest absolute Gasteiger partial charge is 0.372 e. The van der Waals surface area contributed by atoms with E-state index in [-0.39, 0.29) is 24.1 Å². The molecule has 0 fully saturated rings. The quantitative estimate of drug-likeness (QED) is 0.670. The van der Waals surface area contributed by atoms with Gasteiger partial charge in [-0.25, -0.2) is 0 Å². The Morgan fingerprint density at radius 3 is 1.69 bits per heavy atom. The lowest BCUT2D eigenvalue weighted by atomic mass is 10.2. The fourth-order valence-corrected chi connectivity index (χ4v) is 1.42. The molecule has 0 aliphatic rings. The van der Waals surface area contributed by atoms with Crippen LogP contribution < -0.4 is 0 Å². The molecule has 1 unspecified atom stereocenters. The molecule has 0 saturated heterocycles. The third-order valence-electron chi connectivity index (χ3n) is 2.07. The molecule has 0 aromatic carbocycles. The van der Waals surface area contributed by atoms with Gasteiger partial charge in [-0.1, -0.05) is 0 Å². The highest BCUT2D eigenvalue weighted by molar-refractivity contribution is 5.81. The summed E-state index contributed by atoms with van der Waals surface area (Å²) in [7, 11) is 1.56. The third-order valence-corrected chi connectivity index (χ3v) is 2.07. The van der Waals surface area contributed by atoms with Crippen molar-refractivity contribution in [3.63, 3.8) is 0 Å². The summed E-state index contributed by atoms with van der Waals surface area (Å²) in [4.78, 5) is 13.6. The molecule has 0 aliphatic carbocycles. The van der Waals surface area contributed by atoms with Crippen LogP contribution in [0.4, 0.5) is 0 Å². The van der Waals surface area contributed by atoms with Crippen molar-refractivity contribution in [1.82, 2.24) is 4.90 Å². The van der Waals surface area contributed by atoms with Gasteiger partial charge in [-0.3, -0.25) is 4.79 Å². The van der Waals surface area contributed by atoms with E-state index in [1.807, 2.05) is 32.6 Å². The smallest absolute Gasteiger partial charge is 0.251 e. The molecule has 0 rings (SSSR count). The number of hydrogen-bond donors (Lipinski definition) is 0. The second kappa shape index (κ2) is 5.22. The van der Waals surface area contributed by atoms with Crippen molar-refractivity contribution < 1.29 is 9.53 Å². The topological polar surface area (TPSA) is 29.5 Å². The van der Waals surface area contributed by atoms with Crippen molar-refractivity contribution in [3.8, 4) is 0 Å². The molecular weight excluding hydrogens is 166 g/mol. The van der Waals surface area contributed by atoms with E-state index in [4.69, 9.17) is 4.74 Å². The standard InChI is InChI=1S/C10H21NO2/c1-7(2)11(8(3)4)10(12)9(5)13-6/h7-9H,1-6H3. The number of ether oxygens (including phenoxy) is 1. The minimum atomic E-state index is -0.343. The molecule has 0 bridgehead atoms. The van der Waals surface area contributed by atoms with E-state index in [0.29, 0.717) is 0 Å². The lowest BCUT2D eigenvalue weighted by Crippen LogP contribution is -2.46. The van der Waals surface area contributed by atoms with Crippen LogP contribution in [0.25, 0.3) is 0 Å². The average molecular weight is 187 g/mol. The first-order valence-electron chi connectivity index (χ1n) is 4.76. The molecule has 0 aliphatic heterocycles. The van der Waals surface area contributed by atoms with Gasteiger partial charge in [-0.2, -0.15) is 0 Å². The van der Waals surface area contributed by atoms with Crippen molar-refractivity contribution in [2.24, 2.45) is 0 Å². The Labute approximate surface area is 81.1 Å². The summed E-state index contributed by atoms with van der Waals surface area (Å²) in [5.41, 5.74) is 0. The Balaban J connectivity index is 4.46. The van der Waals surface area contributed by atoms with Gasteiger partial charge in [0.05, 0.1) is 0 Å². The predicted octanol–water partition coefficient (Wildman–Crippen LogP) is 1.67. The van der Waals surface area contributed by atoms with E-state index in [0.717, 1.165) is 0 Å². The minimum Gasteiger partial charge on any atom is -0.372 e. The molecule has 3 heteroatoms. The Hall–Kier alpha value is -0.570. The Kier molecular flexibility index (Phi) is 4.99. The van der Waals surface area contributed by atoms with Crippen molar-refractivity contribution in [2.75, 3.05) is 7.11 Å². The number of amides is 1. The van der Waals surface area contributed by atoms with Gasteiger partial charge in [0.25, 0.3) is 5.91 Å². The summed E-state index contributed by atoms with van der Waals surface area (Å²) in [6.07, 6.45) is -0.343. The van der Waals surface area contributed by atoms with Crippen LogP contribution in [0.15, 0.2) is 0 Å². The first-order valence-corrected chi connectivity index (χ1v) is 4.76. The van der Waals surface area contributed by atoms with Gasteiger partial charge in [-0.05, 0) is 34.6 Å². The van der Waals surface area contributed by atoms with Crippen molar-refractivity contribution in [3.05, 3.63) is 0 Å². The Morgan fingerprint density at radius 1 is 1.08 bits per heavy atom. The second-order valence-corrected chi connectivity index (χ2v) is 3.81. The van der Waals surface area contributed by atoms with Crippen LogP contribution in [0.3, 0.4) is 0 Å². The first kappa shape index (κ1) is 12.4. The maximum atomic E-state index is 11.8. The molecule has 0 saturated carbocycles. The number of methoxy groups -OCH3 is 1. The molecule has 1 atom stereocenters. The minimum absolute atomic E-state index is 0.0625. The molecule has 0 aromatic rings. The van der Waals surface area contributed by atoms with E-state index >= 15 is 0 Å². The molecule has 0 heterocycles. The number of hydrogen-bond acceptors (Lipinski definition) is 2. The molecule has 78 valence electrons. The maximum Gasteiger partial charge on any atom is 0.251 e. The molecule has 0 N–H and O–H groups in total. The highest BCUT2D eigenvalue weighted by Crippen LogP contribution is 2.08. The van der Waals surface area contributed by atoms with Gasteiger partial charge < -0.3 is 9.64 Å². The van der Waals surface area contributed by atoms with Crippen LogP contribution >= 0.6 is 0 Å². The lowest BCUT2D eigenvalue weighted by Gasteiger charge is -2.32. The summed E-state index contributed by atoms with van der Waals surface area (Å²) in [6, 6.07) is 0.454. The van der Waals surface area contributed by atoms with E-state index in [2.05, 4.69) is 0 Å². The van der Waals surface area contributed by atoms with Gasteiger partial charge in [0.15, 0.2) is 0 Å². The Morgan fingerprint density at radius 2 is 1.46 bits per heavy atom. The summed E-state index contributed by atoms with van der Waals surface area (Å²) >= 11 is 0. The monoisotopic (exact) mass is 187 g/mol. The predicted molar refractivity (Wildman–Crippen MR) is 53.6 cm³/mol. The first-order chi connectivity index (χ1) is 5.91. The number of carbonyl (C=O) groups excluding carboxylic acids is 1. The van der Waals surface area contributed by atoms with E-state index in [1.165, 1.54) is 0 Å². The number of rotatable bonds is 4. The normalized spacial score (nSPS) is 13.5. The van der Waals surface area contributed by atoms with Crippen LogP contribution in [-0.2, 0) is 9.53 Å². The number of carbonyl (C=O) groups is 1. The van der Waals surface area contributed by atoms with E-state index in [9.17, 15) is 4.79 Å². The van der Waals surface area contributed by atoms with Crippen LogP contribution in [0, 0.1) is 0 Å². The summed E-state index contributed by atoms with van der Waals surface area (Å²) in [6.45, 7) is 9.83. The van der Waals surface area contributed by atoms with Gasteiger partial charge >= 0.3 is 0 Å². The highest BCUT2D eigenvalue weighted by Gasteiger charge is 2.24. The van der Waals surface area contributed by atoms with E-state index < -0.39 is 0 Å². The summed E-state index contributed by atoms with van der Waals surface area (Å²) < 4.78 is 5.00. The molecule has 0 spiro atoms. The van der Waals surface area contributed by atoms with Gasteiger partial charge in [0.2, 0.25) is 0 Å². The van der Waals surface area contributed by atoms with Crippen LogP contribution in [0.1, 0.15) is 34.6 Å². The zero-order chi connectivity index (χ0) is 10.6. The molecule has 0 radical (unpaired) electrons. The Bertz CT molecular complexity index is 158. The van der Waals surface area contributed by atoms with Gasteiger partial charge in [-0.15, -0.1) is 0 Å². The summed E-state index contributed by atoms with van der Waals surface area (Å²) in [5, 5.41) is 0. The molecule has 3 nitrogen and oxygen atoms in total. The third kappa shape index (κ3) is 3.35. The molecule has 0 aromatic heterocycles. The van der Waals surface area contributed by atoms with Crippen molar-refractivity contribution in [2.45, 2.75) is 52.8 Å². The SMILES string of the molecule is COC(C)C(=O)N(C(C)C)C(C)C. The van der Waals surface area contributed by atoms with Crippen LogP contribution in [0.2, 0.25) is 0 Å². The second-order valence-electron chi connectivity index (χ2n) is 3.81. The van der Waals surface area contributed by atoms with Crippen molar-refractivity contribution in [1.29, 1.82) is 0 Å². The average Bonchev–Trinajstić information content (AvgIpc) is 2.01. The van der Waals surface area contributed by atoms with Crippen molar-refractivity contribution >= 4 is 5.91 Å². The molecule has 1 amide bonds. The lowest BCUT2D eigenvalue weighted by molar-refractivity contribution is -0.144. The van der Waals surface area contributed by atoms with Crippen LogP contribution in [0.5, 0.6) is 0 Å². The number of nitrogens with zero attached hydrogens (tertiary/aromatic N) is 1. The summed E-state index contributed by atoms with van der Waals surface area (Å²) in [5.74, 6) is 0.0625. The maximum absolute atomic E-state index is 11.8. The zero-order valence-electron chi connectivity index (χ0n) is 9.50. The van der Waals surface area contributed by atoms with Gasteiger partial charge in [0.1, 0.15) is 6.10 Å². The van der Waals surface area contributed by atoms with Crippen LogP contribution in [-0.4, -0.2) is 36.1 Å². The molecule has 13 heavy (non-hydrogen) atoms. The fourth-order valence-electron chi connectivity index (χ4n) is 1.42. The highest BCUT2D eigenvalue weighted by atomic mass is 16.5. The van der Waals surface area contributed by atoms with Gasteiger partial charge in [0, 0.05) is 19.2 Å². The zero-order valence-corrected chi connectivity index (χ0v) is 9.50. The molecular formula is C10H21NO2. The fraction of sp³-hybridized carbons (Fsp3) is 0.900. The van der Waals surface area contributed by atoms with E-state index in [1.54, 1.807) is 14.0 Å².